The van der Waals surface area contributed by atoms with Crippen molar-refractivity contribution in [3.05, 3.63) is 48.5 Å². The van der Waals surface area contributed by atoms with Gasteiger partial charge >= 0.3 is 5.97 Å². The number of benzene rings is 2. The number of ether oxygens (including phenoxy) is 1. The van der Waals surface area contributed by atoms with E-state index in [1.165, 1.54) is 0 Å². The molecule has 2 aromatic carbocycles. The molecule has 0 saturated heterocycles. The Bertz CT molecular complexity index is 602. The first-order valence-electron chi connectivity index (χ1n) is 6.80. The molecule has 22 heavy (non-hydrogen) atoms. The van der Waals surface area contributed by atoms with E-state index in [9.17, 15) is 9.90 Å². The molecule has 0 radical (unpaired) electrons. The fourth-order valence-corrected chi connectivity index (χ4v) is 1.97. The molecular formula is C17H19ClO3Ti. The molecule has 0 spiro atoms. The Morgan fingerprint density at radius 2 is 1.64 bits per heavy atom. The van der Waals surface area contributed by atoms with E-state index >= 15 is 0 Å². The normalized spacial score (nSPS) is 9.32. The fraction of sp³-hybridized carbons (Fsp3) is 0.235. The van der Waals surface area contributed by atoms with Crippen LogP contribution in [0, 0.1) is 0 Å². The molecule has 2 rings (SSSR count). The SMILES string of the molecule is CCCCC(=O)Oc1ccccc1-c1ccccc1O.Cl.[Ti]. The second kappa shape index (κ2) is 10.4. The molecule has 0 bridgehead atoms. The van der Waals surface area contributed by atoms with Gasteiger partial charge in [-0.05, 0) is 18.6 Å². The van der Waals surface area contributed by atoms with Crippen molar-refractivity contribution < 1.29 is 36.4 Å². The van der Waals surface area contributed by atoms with Crippen LogP contribution in [0.25, 0.3) is 11.1 Å². The third kappa shape index (κ3) is 5.49. The minimum atomic E-state index is -0.241. The van der Waals surface area contributed by atoms with Crippen molar-refractivity contribution in [1.82, 2.24) is 0 Å². The molecule has 1 N–H and O–H groups in total. The number of para-hydroxylation sites is 2. The van der Waals surface area contributed by atoms with Crippen molar-refractivity contribution in [2.75, 3.05) is 0 Å². The maximum absolute atomic E-state index is 11.8. The number of carbonyl (C=O) groups excluding carboxylic acids is 1. The van der Waals surface area contributed by atoms with Crippen LogP contribution in [0.15, 0.2) is 48.5 Å². The van der Waals surface area contributed by atoms with Crippen LogP contribution in [-0.4, -0.2) is 11.1 Å². The monoisotopic (exact) mass is 354 g/mol. The molecule has 0 heterocycles. The van der Waals surface area contributed by atoms with E-state index in [0.29, 0.717) is 17.7 Å². The third-order valence-corrected chi connectivity index (χ3v) is 3.04. The molecule has 0 saturated carbocycles. The van der Waals surface area contributed by atoms with Crippen molar-refractivity contribution >= 4 is 18.4 Å². The van der Waals surface area contributed by atoms with E-state index in [-0.39, 0.29) is 45.8 Å². The van der Waals surface area contributed by atoms with E-state index in [1.807, 2.05) is 31.2 Å². The summed E-state index contributed by atoms with van der Waals surface area (Å²) in [6.07, 6.45) is 2.18. The van der Waals surface area contributed by atoms with Gasteiger partial charge in [0.1, 0.15) is 11.5 Å². The zero-order valence-corrected chi connectivity index (χ0v) is 14.8. The van der Waals surface area contributed by atoms with Crippen LogP contribution in [0.3, 0.4) is 0 Å². The van der Waals surface area contributed by atoms with Gasteiger partial charge in [0.2, 0.25) is 0 Å². The topological polar surface area (TPSA) is 46.5 Å². The number of hydrogen-bond donors (Lipinski definition) is 1. The molecule has 116 valence electrons. The van der Waals surface area contributed by atoms with Gasteiger partial charge in [-0.2, -0.15) is 0 Å². The Morgan fingerprint density at radius 3 is 2.27 bits per heavy atom. The van der Waals surface area contributed by atoms with E-state index in [4.69, 9.17) is 4.74 Å². The number of rotatable bonds is 5. The third-order valence-electron chi connectivity index (χ3n) is 3.04. The maximum atomic E-state index is 11.8. The maximum Gasteiger partial charge on any atom is 0.311 e. The quantitative estimate of drug-likeness (QED) is 0.486. The molecule has 0 fully saturated rings. The first-order chi connectivity index (χ1) is 9.72. The summed E-state index contributed by atoms with van der Waals surface area (Å²) in [6, 6.07) is 14.2. The standard InChI is InChI=1S/C17H18O3.ClH.Ti/c1-2-3-12-17(19)20-16-11-7-5-9-14(16)13-8-4-6-10-15(13)18;;/h4-11,18H,2-3,12H2,1H3;1H;. The Hall–Kier alpha value is -1.29. The van der Waals surface area contributed by atoms with Gasteiger partial charge in [0.05, 0.1) is 0 Å². The van der Waals surface area contributed by atoms with E-state index < -0.39 is 0 Å². The van der Waals surface area contributed by atoms with Crippen LogP contribution in [0.1, 0.15) is 26.2 Å². The minimum absolute atomic E-state index is 0. The van der Waals surface area contributed by atoms with Gasteiger partial charge in [0, 0.05) is 39.3 Å². The molecule has 5 heteroatoms. The molecule has 0 atom stereocenters. The molecule has 0 unspecified atom stereocenters. The van der Waals surface area contributed by atoms with Gasteiger partial charge < -0.3 is 9.84 Å². The number of aromatic hydroxyl groups is 1. The minimum Gasteiger partial charge on any atom is -0.507 e. The number of phenols is 1. The van der Waals surface area contributed by atoms with E-state index in [1.54, 1.807) is 24.3 Å². The van der Waals surface area contributed by atoms with E-state index in [0.717, 1.165) is 18.4 Å². The van der Waals surface area contributed by atoms with Crippen molar-refractivity contribution in [3.8, 4) is 22.6 Å². The summed E-state index contributed by atoms with van der Waals surface area (Å²) in [5.74, 6) is 0.411. The average molecular weight is 355 g/mol. The summed E-state index contributed by atoms with van der Waals surface area (Å²) < 4.78 is 5.41. The predicted octanol–water partition coefficient (Wildman–Crippen LogP) is 4.57. The number of phenolic OH excluding ortho intramolecular Hbond substituents is 1. The first-order valence-corrected chi connectivity index (χ1v) is 6.80. The number of hydrogen-bond acceptors (Lipinski definition) is 3. The number of unbranched alkanes of at least 4 members (excludes halogenated alkanes) is 1. The first kappa shape index (κ1) is 20.7. The van der Waals surface area contributed by atoms with Crippen molar-refractivity contribution in [3.63, 3.8) is 0 Å². The number of carbonyl (C=O) groups is 1. The Morgan fingerprint density at radius 1 is 1.05 bits per heavy atom. The molecule has 0 aliphatic heterocycles. The predicted molar refractivity (Wildman–Crippen MR) is 86.0 cm³/mol. The largest absolute Gasteiger partial charge is 0.507 e. The molecule has 0 amide bonds. The summed E-state index contributed by atoms with van der Waals surface area (Å²) in [5.41, 5.74) is 1.38. The van der Waals surface area contributed by atoms with Crippen molar-refractivity contribution in [2.24, 2.45) is 0 Å². The smallest absolute Gasteiger partial charge is 0.311 e. The number of halogens is 1. The van der Waals surface area contributed by atoms with E-state index in [2.05, 4.69) is 0 Å². The Kier molecular flexibility index (Phi) is 9.83. The van der Waals surface area contributed by atoms with Gasteiger partial charge in [0.25, 0.3) is 0 Å². The van der Waals surface area contributed by atoms with Gasteiger partial charge in [-0.3, -0.25) is 4.79 Å². The fourth-order valence-electron chi connectivity index (χ4n) is 1.97. The Labute approximate surface area is 152 Å². The van der Waals surface area contributed by atoms with Gasteiger partial charge in [-0.25, -0.2) is 0 Å². The molecule has 2 aromatic rings. The molecule has 0 aromatic heterocycles. The van der Waals surface area contributed by atoms with Crippen LogP contribution in [-0.2, 0) is 26.5 Å². The van der Waals surface area contributed by atoms with Crippen LogP contribution < -0.4 is 4.74 Å². The van der Waals surface area contributed by atoms with Gasteiger partial charge in [0.15, 0.2) is 0 Å². The summed E-state index contributed by atoms with van der Waals surface area (Å²) >= 11 is 0. The number of esters is 1. The molecular weight excluding hydrogens is 336 g/mol. The van der Waals surface area contributed by atoms with Crippen LogP contribution in [0.4, 0.5) is 0 Å². The molecule has 0 aliphatic rings. The van der Waals surface area contributed by atoms with Crippen LogP contribution in [0.2, 0.25) is 0 Å². The molecule has 0 aliphatic carbocycles. The molecule has 3 nitrogen and oxygen atoms in total. The zero-order valence-electron chi connectivity index (χ0n) is 12.4. The summed E-state index contributed by atoms with van der Waals surface area (Å²) in [7, 11) is 0. The van der Waals surface area contributed by atoms with Crippen molar-refractivity contribution in [1.29, 1.82) is 0 Å². The average Bonchev–Trinajstić information content (AvgIpc) is 2.46. The van der Waals surface area contributed by atoms with Crippen LogP contribution in [0.5, 0.6) is 11.5 Å². The summed E-state index contributed by atoms with van der Waals surface area (Å²) in [5, 5.41) is 9.92. The second-order valence-electron chi connectivity index (χ2n) is 4.59. The zero-order chi connectivity index (χ0) is 14.4. The second-order valence-corrected chi connectivity index (χ2v) is 4.59. The van der Waals surface area contributed by atoms with Crippen LogP contribution >= 0.6 is 12.4 Å². The summed E-state index contributed by atoms with van der Waals surface area (Å²) in [6.45, 7) is 2.03. The van der Waals surface area contributed by atoms with Gasteiger partial charge in [-0.15, -0.1) is 12.4 Å². The van der Waals surface area contributed by atoms with Crippen molar-refractivity contribution in [2.45, 2.75) is 26.2 Å². The Balaban J connectivity index is 0.00000220. The summed E-state index contributed by atoms with van der Waals surface area (Å²) in [4.78, 5) is 11.8. The van der Waals surface area contributed by atoms with Gasteiger partial charge in [-0.1, -0.05) is 49.7 Å².